The Morgan fingerprint density at radius 3 is 2.53 bits per heavy atom. The van der Waals surface area contributed by atoms with Crippen LogP contribution < -0.4 is 5.32 Å². The summed E-state index contributed by atoms with van der Waals surface area (Å²) in [4.78, 5) is 36.5. The van der Waals surface area contributed by atoms with Crippen LogP contribution in [-0.2, 0) is 28.5 Å². The molecule has 3 rings (SSSR count). The zero-order chi connectivity index (χ0) is 31.4. The first-order valence-corrected chi connectivity index (χ1v) is 15.2. The van der Waals surface area contributed by atoms with E-state index in [1.807, 2.05) is 32.1 Å². The first-order valence-electron chi connectivity index (χ1n) is 15.2. The van der Waals surface area contributed by atoms with E-state index in [1.165, 1.54) is 13.2 Å². The van der Waals surface area contributed by atoms with Crippen LogP contribution in [0.5, 0.6) is 0 Å². The van der Waals surface area contributed by atoms with Crippen LogP contribution in [0.4, 0.5) is 0 Å². The van der Waals surface area contributed by atoms with Crippen LogP contribution in [0.25, 0.3) is 0 Å². The molecular formula is C34H47NO8. The molecule has 0 saturated carbocycles. The number of rotatable bonds is 12. The highest BCUT2D eigenvalue weighted by Gasteiger charge is 2.33. The number of methoxy groups -OCH3 is 1. The molecule has 1 aromatic carbocycles. The number of amides is 1. The molecule has 2 heterocycles. The highest BCUT2D eigenvalue weighted by molar-refractivity contribution is 5.90. The minimum Gasteiger partial charge on any atom is -0.469 e. The molecule has 0 spiro atoms. The van der Waals surface area contributed by atoms with Gasteiger partial charge < -0.3 is 29.4 Å². The number of aliphatic hydroxyl groups is 1. The van der Waals surface area contributed by atoms with Gasteiger partial charge in [-0.25, -0.2) is 4.79 Å². The summed E-state index contributed by atoms with van der Waals surface area (Å²) in [5.74, 6) is -0.682. The number of aliphatic hydroxyl groups excluding tert-OH is 1. The fraction of sp³-hybridized carbons (Fsp3) is 0.559. The highest BCUT2D eigenvalue weighted by Crippen LogP contribution is 2.29. The standard InChI is InChI=1S/C34H47NO8/c1-22(11-14-28-18-26(21-36)19-29(43-28)20-33(38)40-5)12-15-31-23(2)17-30(25(4)42-31)35-32(37)16-13-24(3)41-34(39)27-9-7-6-8-10-27/h6-14,16,23-26,28-31,36H,15,17-21H2,1-5H3,(H,35,37)/b14-11+,16-13-,22-12+/t23?,24?,25?,26?,28?,29-,30?,31?/m0/s1. The van der Waals surface area contributed by atoms with Crippen molar-refractivity contribution in [2.24, 2.45) is 11.8 Å². The molecule has 2 saturated heterocycles. The maximum Gasteiger partial charge on any atom is 0.338 e. The lowest BCUT2D eigenvalue weighted by atomic mass is 9.88. The first-order chi connectivity index (χ1) is 20.6. The van der Waals surface area contributed by atoms with Gasteiger partial charge in [-0.1, -0.05) is 48.9 Å². The van der Waals surface area contributed by atoms with E-state index >= 15 is 0 Å². The lowest BCUT2D eigenvalue weighted by molar-refractivity contribution is -0.147. The zero-order valence-corrected chi connectivity index (χ0v) is 25.9. The van der Waals surface area contributed by atoms with Gasteiger partial charge >= 0.3 is 11.9 Å². The highest BCUT2D eigenvalue weighted by atomic mass is 16.5. The Kier molecular flexibility index (Phi) is 13.6. The van der Waals surface area contributed by atoms with Gasteiger partial charge in [0.1, 0.15) is 6.10 Å². The Bertz CT molecular complexity index is 1150. The summed E-state index contributed by atoms with van der Waals surface area (Å²) < 4.78 is 22.5. The Balaban J connectivity index is 1.45. The molecule has 8 atom stereocenters. The minimum absolute atomic E-state index is 0.0219. The summed E-state index contributed by atoms with van der Waals surface area (Å²) in [5.41, 5.74) is 1.54. The van der Waals surface area contributed by atoms with Crippen molar-refractivity contribution in [3.05, 3.63) is 71.8 Å². The molecule has 2 aliphatic heterocycles. The largest absolute Gasteiger partial charge is 0.469 e. The van der Waals surface area contributed by atoms with Gasteiger partial charge in [0, 0.05) is 12.7 Å². The van der Waals surface area contributed by atoms with Crippen molar-refractivity contribution < 1.29 is 38.4 Å². The van der Waals surface area contributed by atoms with Crippen molar-refractivity contribution in [2.45, 2.75) is 96.4 Å². The van der Waals surface area contributed by atoms with Crippen molar-refractivity contribution in [1.82, 2.24) is 5.32 Å². The fourth-order valence-electron chi connectivity index (χ4n) is 5.47. The fourth-order valence-corrected chi connectivity index (χ4v) is 5.47. The molecule has 9 nitrogen and oxygen atoms in total. The Morgan fingerprint density at radius 2 is 1.84 bits per heavy atom. The Morgan fingerprint density at radius 1 is 1.09 bits per heavy atom. The van der Waals surface area contributed by atoms with E-state index in [4.69, 9.17) is 18.9 Å². The van der Waals surface area contributed by atoms with E-state index in [1.54, 1.807) is 37.3 Å². The number of ether oxygens (including phenoxy) is 4. The summed E-state index contributed by atoms with van der Waals surface area (Å²) in [6.07, 6.45) is 11.1. The molecule has 0 aromatic heterocycles. The van der Waals surface area contributed by atoms with E-state index in [9.17, 15) is 19.5 Å². The number of carbonyl (C=O) groups is 3. The van der Waals surface area contributed by atoms with Crippen molar-refractivity contribution in [2.75, 3.05) is 13.7 Å². The van der Waals surface area contributed by atoms with Crippen molar-refractivity contribution >= 4 is 17.8 Å². The second kappa shape index (κ2) is 17.1. The molecule has 2 N–H and O–H groups in total. The number of carbonyl (C=O) groups excluding carboxylic acids is 3. The molecule has 1 aromatic rings. The summed E-state index contributed by atoms with van der Waals surface area (Å²) in [6, 6.07) is 8.60. The quantitative estimate of drug-likeness (QED) is 0.202. The summed E-state index contributed by atoms with van der Waals surface area (Å²) in [7, 11) is 1.36. The average molecular weight is 598 g/mol. The Hall–Kier alpha value is -3.27. The second-order valence-electron chi connectivity index (χ2n) is 11.7. The van der Waals surface area contributed by atoms with E-state index in [2.05, 4.69) is 18.3 Å². The predicted octanol–water partition coefficient (Wildman–Crippen LogP) is 4.70. The van der Waals surface area contributed by atoms with E-state index in [0.29, 0.717) is 18.4 Å². The number of allylic oxidation sites excluding steroid dienone is 2. The maximum atomic E-state index is 12.6. The maximum absolute atomic E-state index is 12.6. The smallest absolute Gasteiger partial charge is 0.338 e. The summed E-state index contributed by atoms with van der Waals surface area (Å²) in [5, 5.41) is 12.7. The van der Waals surface area contributed by atoms with E-state index in [-0.39, 0.29) is 67.2 Å². The number of hydrogen-bond donors (Lipinski definition) is 2. The van der Waals surface area contributed by atoms with Crippen LogP contribution >= 0.6 is 0 Å². The Labute approximate surface area is 255 Å². The van der Waals surface area contributed by atoms with Crippen LogP contribution in [-0.4, -0.2) is 73.2 Å². The third-order valence-corrected chi connectivity index (χ3v) is 8.02. The van der Waals surface area contributed by atoms with Crippen LogP contribution in [0.15, 0.2) is 66.3 Å². The molecule has 0 bridgehead atoms. The van der Waals surface area contributed by atoms with Gasteiger partial charge in [0.05, 0.1) is 49.6 Å². The lowest BCUT2D eigenvalue weighted by Gasteiger charge is -2.39. The van der Waals surface area contributed by atoms with E-state index < -0.39 is 12.1 Å². The van der Waals surface area contributed by atoms with Crippen LogP contribution in [0.3, 0.4) is 0 Å². The van der Waals surface area contributed by atoms with Gasteiger partial charge in [-0.05, 0) is 76.5 Å². The second-order valence-corrected chi connectivity index (χ2v) is 11.7. The zero-order valence-electron chi connectivity index (χ0n) is 25.9. The minimum atomic E-state index is -0.548. The number of nitrogens with one attached hydrogen (secondary N) is 1. The van der Waals surface area contributed by atoms with Crippen molar-refractivity contribution in [3.8, 4) is 0 Å². The van der Waals surface area contributed by atoms with Crippen molar-refractivity contribution in [1.29, 1.82) is 0 Å². The molecule has 7 unspecified atom stereocenters. The normalized spacial score (nSPS) is 28.9. The molecule has 1 amide bonds. The molecule has 0 radical (unpaired) electrons. The van der Waals surface area contributed by atoms with Gasteiger partial charge in [0.25, 0.3) is 0 Å². The topological polar surface area (TPSA) is 120 Å². The SMILES string of the molecule is COC(=O)C[C@@H]1CC(CO)CC(/C=C/C(C)=C/CC2OC(C)C(NC(=O)/C=C\C(C)OC(=O)c3ccccc3)CC2C)O1. The number of hydrogen-bond acceptors (Lipinski definition) is 8. The number of esters is 2. The van der Waals surface area contributed by atoms with Crippen LogP contribution in [0, 0.1) is 11.8 Å². The van der Waals surface area contributed by atoms with Gasteiger partial charge in [0.15, 0.2) is 0 Å². The van der Waals surface area contributed by atoms with Crippen LogP contribution in [0.2, 0.25) is 0 Å². The molecule has 43 heavy (non-hydrogen) atoms. The van der Waals surface area contributed by atoms with Crippen molar-refractivity contribution in [3.63, 3.8) is 0 Å². The molecule has 2 aliphatic rings. The summed E-state index contributed by atoms with van der Waals surface area (Å²) >= 11 is 0. The molecule has 236 valence electrons. The van der Waals surface area contributed by atoms with Gasteiger partial charge in [-0.3, -0.25) is 9.59 Å². The average Bonchev–Trinajstić information content (AvgIpc) is 3.00. The molecule has 2 fully saturated rings. The van der Waals surface area contributed by atoms with Gasteiger partial charge in [0.2, 0.25) is 5.91 Å². The third-order valence-electron chi connectivity index (χ3n) is 8.02. The molecule has 9 heteroatoms. The molecule has 0 aliphatic carbocycles. The summed E-state index contributed by atoms with van der Waals surface area (Å²) in [6.45, 7) is 7.90. The first kappa shape index (κ1) is 34.2. The van der Waals surface area contributed by atoms with Crippen LogP contribution in [0.1, 0.15) is 70.2 Å². The van der Waals surface area contributed by atoms with Gasteiger partial charge in [-0.2, -0.15) is 0 Å². The number of benzene rings is 1. The van der Waals surface area contributed by atoms with Gasteiger partial charge in [-0.15, -0.1) is 0 Å². The monoisotopic (exact) mass is 597 g/mol. The van der Waals surface area contributed by atoms with E-state index in [0.717, 1.165) is 18.4 Å². The third kappa shape index (κ3) is 11.4. The lowest BCUT2D eigenvalue weighted by Crippen LogP contribution is -2.50. The molecular weight excluding hydrogens is 550 g/mol. The predicted molar refractivity (Wildman–Crippen MR) is 163 cm³/mol.